The fraction of sp³-hybridized carbons (Fsp3) is 0.0588. The third kappa shape index (κ3) is 2.93. The summed E-state index contributed by atoms with van der Waals surface area (Å²) >= 11 is 0. The zero-order chi connectivity index (χ0) is 14.4. The molecule has 0 radical (unpaired) electrons. The van der Waals surface area contributed by atoms with E-state index < -0.39 is 0 Å². The van der Waals surface area contributed by atoms with Gasteiger partial charge >= 0.3 is 0 Å². The largest absolute Gasteiger partial charge is 0.348 e. The summed E-state index contributed by atoms with van der Waals surface area (Å²) in [7, 11) is 0. The number of nitrogens with zero attached hydrogens (tertiary/aromatic N) is 1. The van der Waals surface area contributed by atoms with Crippen LogP contribution in [0.4, 0.5) is 0 Å². The van der Waals surface area contributed by atoms with Gasteiger partial charge in [-0.2, -0.15) is 5.26 Å². The van der Waals surface area contributed by atoms with Crippen molar-refractivity contribution in [3.8, 4) is 6.07 Å². The molecule has 0 aliphatic rings. The summed E-state index contributed by atoms with van der Waals surface area (Å²) in [6, 6.07) is 15.6. The topological polar surface area (TPSA) is 52.9 Å². The molecule has 0 atom stereocenters. The molecule has 1 amide bonds. The van der Waals surface area contributed by atoms with E-state index in [1.165, 1.54) is 0 Å². The van der Waals surface area contributed by atoms with Crippen LogP contribution in [0.5, 0.6) is 0 Å². The Labute approximate surface area is 117 Å². The Morgan fingerprint density at radius 2 is 2.00 bits per heavy atom. The van der Waals surface area contributed by atoms with Gasteiger partial charge < -0.3 is 5.32 Å². The van der Waals surface area contributed by atoms with Gasteiger partial charge in [0.05, 0.1) is 0 Å². The van der Waals surface area contributed by atoms with Crippen LogP contribution in [0.2, 0.25) is 0 Å². The maximum Gasteiger partial charge on any atom is 0.262 e. The number of fused-ring (bicyclic) bond motifs is 1. The van der Waals surface area contributed by atoms with Gasteiger partial charge in [-0.3, -0.25) is 4.79 Å². The molecule has 0 spiro atoms. The van der Waals surface area contributed by atoms with E-state index in [9.17, 15) is 4.79 Å². The van der Waals surface area contributed by atoms with Crippen molar-refractivity contribution in [2.75, 3.05) is 6.54 Å². The average molecular weight is 262 g/mol. The lowest BCUT2D eigenvalue weighted by molar-refractivity contribution is -0.116. The Kier molecular flexibility index (Phi) is 4.31. The Morgan fingerprint density at radius 3 is 2.75 bits per heavy atom. The predicted octanol–water partition coefficient (Wildman–Crippen LogP) is 3.05. The fourth-order valence-corrected chi connectivity index (χ4v) is 1.94. The molecule has 2 aromatic carbocycles. The number of hydrogen-bond donors (Lipinski definition) is 1. The Hall–Kier alpha value is -2.86. The van der Waals surface area contributed by atoms with E-state index in [0.717, 1.165) is 16.3 Å². The van der Waals surface area contributed by atoms with Crippen LogP contribution in [-0.2, 0) is 4.79 Å². The van der Waals surface area contributed by atoms with Gasteiger partial charge in [-0.1, -0.05) is 48.5 Å². The van der Waals surface area contributed by atoms with E-state index >= 15 is 0 Å². The lowest BCUT2D eigenvalue weighted by Gasteiger charge is -2.04. The Balaban J connectivity index is 2.43. The summed E-state index contributed by atoms with van der Waals surface area (Å²) in [6.45, 7) is 3.87. The third-order valence-corrected chi connectivity index (χ3v) is 2.90. The van der Waals surface area contributed by atoms with E-state index in [1.807, 2.05) is 48.5 Å². The van der Waals surface area contributed by atoms with Crippen LogP contribution in [0, 0.1) is 11.3 Å². The molecule has 0 heterocycles. The number of amides is 1. The summed E-state index contributed by atoms with van der Waals surface area (Å²) in [5, 5.41) is 13.8. The number of nitrogens with one attached hydrogen (secondary N) is 1. The smallest absolute Gasteiger partial charge is 0.262 e. The summed E-state index contributed by atoms with van der Waals surface area (Å²) < 4.78 is 0. The molecular formula is C17H14N2O. The molecule has 0 aliphatic heterocycles. The van der Waals surface area contributed by atoms with Gasteiger partial charge in [-0.05, 0) is 22.4 Å². The van der Waals surface area contributed by atoms with Crippen LogP contribution in [0.1, 0.15) is 5.56 Å². The van der Waals surface area contributed by atoms with Crippen molar-refractivity contribution in [1.29, 1.82) is 5.26 Å². The molecule has 0 bridgehead atoms. The van der Waals surface area contributed by atoms with E-state index in [0.29, 0.717) is 6.54 Å². The number of hydrogen-bond acceptors (Lipinski definition) is 2. The lowest BCUT2D eigenvalue weighted by atomic mass is 10.0. The molecular weight excluding hydrogens is 248 g/mol. The summed E-state index contributed by atoms with van der Waals surface area (Å²) in [5.74, 6) is -0.389. The molecule has 0 aliphatic carbocycles. The molecule has 0 unspecified atom stereocenters. The fourth-order valence-electron chi connectivity index (χ4n) is 1.94. The van der Waals surface area contributed by atoms with Gasteiger partial charge in [0.25, 0.3) is 5.91 Å². The van der Waals surface area contributed by atoms with Crippen molar-refractivity contribution in [3.63, 3.8) is 0 Å². The number of nitriles is 1. The van der Waals surface area contributed by atoms with Crippen LogP contribution >= 0.6 is 0 Å². The molecule has 1 N–H and O–H groups in total. The number of benzene rings is 2. The van der Waals surface area contributed by atoms with E-state index in [4.69, 9.17) is 5.26 Å². The molecule has 20 heavy (non-hydrogen) atoms. The highest BCUT2D eigenvalue weighted by molar-refractivity contribution is 6.04. The predicted molar refractivity (Wildman–Crippen MR) is 80.7 cm³/mol. The van der Waals surface area contributed by atoms with Crippen molar-refractivity contribution in [3.05, 3.63) is 66.3 Å². The quantitative estimate of drug-likeness (QED) is 0.523. The van der Waals surface area contributed by atoms with Gasteiger partial charge in [-0.15, -0.1) is 6.58 Å². The molecule has 3 nitrogen and oxygen atoms in total. The lowest BCUT2D eigenvalue weighted by Crippen LogP contribution is -2.24. The van der Waals surface area contributed by atoms with Crippen LogP contribution in [0.25, 0.3) is 16.8 Å². The number of carbonyl (C=O) groups excluding carboxylic acids is 1. The van der Waals surface area contributed by atoms with Gasteiger partial charge in [-0.25, -0.2) is 0 Å². The standard InChI is InChI=1S/C17H14N2O/c1-2-10-19-17(20)15(12-18)11-14-8-5-7-13-6-3-4-9-16(13)14/h2-9,11H,1,10H2,(H,19,20). The summed E-state index contributed by atoms with van der Waals surface area (Å²) in [4.78, 5) is 11.8. The van der Waals surface area contributed by atoms with Crippen molar-refractivity contribution >= 4 is 22.8 Å². The zero-order valence-corrected chi connectivity index (χ0v) is 11.0. The molecule has 0 saturated carbocycles. The van der Waals surface area contributed by atoms with Crippen LogP contribution in [0.3, 0.4) is 0 Å². The normalized spacial score (nSPS) is 10.8. The van der Waals surface area contributed by atoms with Crippen molar-refractivity contribution in [2.45, 2.75) is 0 Å². The van der Waals surface area contributed by atoms with Crippen molar-refractivity contribution in [2.24, 2.45) is 0 Å². The SMILES string of the molecule is C=CCNC(=O)C(C#N)=Cc1cccc2ccccc12. The number of rotatable bonds is 4. The molecule has 0 saturated heterocycles. The van der Waals surface area contributed by atoms with E-state index in [2.05, 4.69) is 11.9 Å². The minimum atomic E-state index is -0.389. The van der Waals surface area contributed by atoms with Gasteiger partial charge in [0.1, 0.15) is 11.6 Å². The van der Waals surface area contributed by atoms with Crippen LogP contribution in [0.15, 0.2) is 60.7 Å². The molecule has 2 rings (SSSR count). The van der Waals surface area contributed by atoms with Crippen molar-refractivity contribution in [1.82, 2.24) is 5.32 Å². The highest BCUT2D eigenvalue weighted by atomic mass is 16.1. The number of carbonyl (C=O) groups is 1. The summed E-state index contributed by atoms with van der Waals surface area (Å²) in [6.07, 6.45) is 3.19. The minimum absolute atomic E-state index is 0.0863. The van der Waals surface area contributed by atoms with Crippen LogP contribution < -0.4 is 5.32 Å². The van der Waals surface area contributed by atoms with E-state index in [-0.39, 0.29) is 11.5 Å². The maximum atomic E-state index is 11.8. The monoisotopic (exact) mass is 262 g/mol. The first kappa shape index (κ1) is 13.6. The minimum Gasteiger partial charge on any atom is -0.348 e. The first-order valence-corrected chi connectivity index (χ1v) is 6.25. The molecule has 0 fully saturated rings. The third-order valence-electron chi connectivity index (χ3n) is 2.90. The second-order valence-electron chi connectivity index (χ2n) is 4.24. The Bertz CT molecular complexity index is 718. The van der Waals surface area contributed by atoms with Gasteiger partial charge in [0.2, 0.25) is 0 Å². The van der Waals surface area contributed by atoms with Gasteiger partial charge in [0, 0.05) is 6.54 Å². The van der Waals surface area contributed by atoms with Crippen molar-refractivity contribution < 1.29 is 4.79 Å². The first-order valence-electron chi connectivity index (χ1n) is 6.25. The maximum absolute atomic E-state index is 11.8. The highest BCUT2D eigenvalue weighted by Gasteiger charge is 2.08. The second-order valence-corrected chi connectivity index (χ2v) is 4.24. The zero-order valence-electron chi connectivity index (χ0n) is 11.0. The van der Waals surface area contributed by atoms with Gasteiger partial charge in [0.15, 0.2) is 0 Å². The molecule has 98 valence electrons. The Morgan fingerprint density at radius 1 is 1.25 bits per heavy atom. The highest BCUT2D eigenvalue weighted by Crippen LogP contribution is 2.20. The summed E-state index contributed by atoms with van der Waals surface area (Å²) in [5.41, 5.74) is 0.941. The molecule has 2 aromatic rings. The first-order chi connectivity index (χ1) is 9.76. The van der Waals surface area contributed by atoms with E-state index in [1.54, 1.807) is 12.2 Å². The molecule has 3 heteroatoms. The van der Waals surface area contributed by atoms with Crippen LogP contribution in [-0.4, -0.2) is 12.5 Å². The second kappa shape index (κ2) is 6.35. The molecule has 0 aromatic heterocycles. The average Bonchev–Trinajstić information content (AvgIpc) is 2.50.